The van der Waals surface area contributed by atoms with Crippen LogP contribution in [0, 0.1) is 11.3 Å². The van der Waals surface area contributed by atoms with Crippen molar-refractivity contribution in [3.05, 3.63) is 18.2 Å². The van der Waals surface area contributed by atoms with Gasteiger partial charge in [-0.2, -0.15) is 4.98 Å². The number of aliphatic hydroxyl groups is 1. The number of fused-ring (bicyclic) bond motifs is 1. The third-order valence-electron chi connectivity index (χ3n) is 4.92. The van der Waals surface area contributed by atoms with Gasteiger partial charge in [0.15, 0.2) is 0 Å². The van der Waals surface area contributed by atoms with Crippen molar-refractivity contribution in [1.29, 1.82) is 0 Å². The van der Waals surface area contributed by atoms with Crippen LogP contribution in [0.3, 0.4) is 0 Å². The van der Waals surface area contributed by atoms with Crippen LogP contribution in [-0.2, 0) is 0 Å². The molecule has 0 spiro atoms. The normalized spacial score (nSPS) is 25.3. The van der Waals surface area contributed by atoms with E-state index < -0.39 is 0 Å². The number of aromatic nitrogens is 2. The summed E-state index contributed by atoms with van der Waals surface area (Å²) in [6.45, 7) is 1.86. The molecule has 4 rings (SSSR count). The van der Waals surface area contributed by atoms with E-state index in [-0.39, 0.29) is 12.0 Å². The van der Waals surface area contributed by atoms with Crippen LogP contribution in [0.4, 0.5) is 6.01 Å². The van der Waals surface area contributed by atoms with Gasteiger partial charge in [-0.05, 0) is 24.5 Å². The summed E-state index contributed by atoms with van der Waals surface area (Å²) in [7, 11) is 3.20. The first-order chi connectivity index (χ1) is 11.2. The first-order valence-corrected chi connectivity index (χ1v) is 7.60. The van der Waals surface area contributed by atoms with E-state index in [1.54, 1.807) is 20.3 Å². The summed E-state index contributed by atoms with van der Waals surface area (Å²) in [4.78, 5) is 6.54. The fourth-order valence-electron chi connectivity index (χ4n) is 3.38. The molecule has 0 amide bonds. The minimum Gasteiger partial charge on any atom is -0.497 e. The Labute approximate surface area is 133 Å². The molecular weight excluding hydrogens is 298 g/mol. The van der Waals surface area contributed by atoms with E-state index in [0.29, 0.717) is 29.3 Å². The Kier molecular flexibility index (Phi) is 3.19. The van der Waals surface area contributed by atoms with Crippen molar-refractivity contribution < 1.29 is 19.1 Å². The first-order valence-electron chi connectivity index (χ1n) is 7.60. The predicted octanol–water partition coefficient (Wildman–Crippen LogP) is 1.57. The van der Waals surface area contributed by atoms with Gasteiger partial charge < -0.3 is 24.0 Å². The second-order valence-corrected chi connectivity index (χ2v) is 6.30. The number of ether oxygens (including phenoxy) is 2. The van der Waals surface area contributed by atoms with Gasteiger partial charge in [0.05, 0.1) is 20.8 Å². The summed E-state index contributed by atoms with van der Waals surface area (Å²) < 4.78 is 15.9. The number of piperidine rings is 1. The summed E-state index contributed by atoms with van der Waals surface area (Å²) in [6, 6.07) is 5.98. The van der Waals surface area contributed by atoms with Crippen molar-refractivity contribution >= 4 is 6.01 Å². The van der Waals surface area contributed by atoms with Gasteiger partial charge in [-0.25, -0.2) is 0 Å². The summed E-state index contributed by atoms with van der Waals surface area (Å²) >= 11 is 0. The minimum absolute atomic E-state index is 0.0494. The lowest BCUT2D eigenvalue weighted by atomic mass is 10.1. The molecule has 1 aliphatic carbocycles. The third-order valence-corrected chi connectivity index (χ3v) is 4.92. The highest BCUT2D eigenvalue weighted by molar-refractivity contribution is 5.61. The van der Waals surface area contributed by atoms with Crippen LogP contribution in [-0.4, -0.2) is 49.2 Å². The van der Waals surface area contributed by atoms with E-state index in [4.69, 9.17) is 14.0 Å². The highest BCUT2D eigenvalue weighted by Crippen LogP contribution is 2.57. The predicted molar refractivity (Wildman–Crippen MR) is 82.7 cm³/mol. The molecule has 1 aromatic heterocycles. The molecular formula is C16H19N3O4. The Morgan fingerprint density at radius 2 is 2.04 bits per heavy atom. The second-order valence-electron chi connectivity index (χ2n) is 6.30. The molecule has 1 saturated heterocycles. The van der Waals surface area contributed by atoms with E-state index in [9.17, 15) is 5.11 Å². The smallest absolute Gasteiger partial charge is 0.324 e. The third kappa shape index (κ3) is 2.31. The number of hydrogen-bond acceptors (Lipinski definition) is 7. The quantitative estimate of drug-likeness (QED) is 0.896. The fraction of sp³-hybridized carbons (Fsp3) is 0.500. The number of anilines is 1. The molecule has 7 heteroatoms. The van der Waals surface area contributed by atoms with Gasteiger partial charge in [0.25, 0.3) is 0 Å². The zero-order chi connectivity index (χ0) is 16.0. The zero-order valence-corrected chi connectivity index (χ0v) is 13.2. The number of methoxy groups -OCH3 is 2. The molecule has 7 nitrogen and oxygen atoms in total. The molecule has 0 bridgehead atoms. The highest BCUT2D eigenvalue weighted by atomic mass is 16.5. The Morgan fingerprint density at radius 3 is 2.65 bits per heavy atom. The van der Waals surface area contributed by atoms with Crippen LogP contribution in [0.25, 0.3) is 11.4 Å². The van der Waals surface area contributed by atoms with E-state index in [0.717, 1.165) is 25.1 Å². The topological polar surface area (TPSA) is 80.9 Å². The van der Waals surface area contributed by atoms with Gasteiger partial charge in [0.2, 0.25) is 5.82 Å². The van der Waals surface area contributed by atoms with Crippen LogP contribution in [0.15, 0.2) is 22.7 Å². The maximum Gasteiger partial charge on any atom is 0.324 e. The van der Waals surface area contributed by atoms with Crippen molar-refractivity contribution in [1.82, 2.24) is 10.1 Å². The number of benzene rings is 1. The van der Waals surface area contributed by atoms with Crippen LogP contribution in [0.1, 0.15) is 6.42 Å². The van der Waals surface area contributed by atoms with Crippen LogP contribution in [0.5, 0.6) is 11.5 Å². The molecule has 2 aromatic rings. The maximum absolute atomic E-state index is 9.51. The lowest BCUT2D eigenvalue weighted by molar-refractivity contribution is 0.215. The van der Waals surface area contributed by atoms with E-state index >= 15 is 0 Å². The van der Waals surface area contributed by atoms with Crippen molar-refractivity contribution in [3.63, 3.8) is 0 Å². The Balaban J connectivity index is 1.59. The Hall–Kier alpha value is -2.28. The zero-order valence-electron chi connectivity index (χ0n) is 13.2. The molecule has 1 saturated carbocycles. The molecule has 0 radical (unpaired) electrons. The summed E-state index contributed by atoms with van der Waals surface area (Å²) in [6.07, 6.45) is 1.09. The van der Waals surface area contributed by atoms with Gasteiger partial charge in [-0.15, -0.1) is 0 Å². The van der Waals surface area contributed by atoms with E-state index in [1.807, 2.05) is 12.1 Å². The largest absolute Gasteiger partial charge is 0.497 e. The van der Waals surface area contributed by atoms with Gasteiger partial charge in [-0.3, -0.25) is 0 Å². The average molecular weight is 317 g/mol. The van der Waals surface area contributed by atoms with Gasteiger partial charge >= 0.3 is 6.01 Å². The molecule has 2 fully saturated rings. The van der Waals surface area contributed by atoms with Crippen LogP contribution < -0.4 is 14.4 Å². The molecule has 2 aliphatic rings. The lowest BCUT2D eigenvalue weighted by Crippen LogP contribution is -2.26. The number of aliphatic hydroxyl groups excluding tert-OH is 1. The monoisotopic (exact) mass is 317 g/mol. The first kappa shape index (κ1) is 14.3. The SMILES string of the molecule is COc1cc(OC)cc(-c2noc(N3CC4CC4(CO)C3)n2)c1. The fourth-order valence-corrected chi connectivity index (χ4v) is 3.38. The number of hydrogen-bond donors (Lipinski definition) is 1. The minimum atomic E-state index is 0.0494. The van der Waals surface area contributed by atoms with Crippen molar-refractivity contribution in [2.24, 2.45) is 11.3 Å². The summed E-state index contributed by atoms with van der Waals surface area (Å²) in [5, 5.41) is 13.6. The molecule has 1 aromatic carbocycles. The number of rotatable bonds is 5. The maximum atomic E-state index is 9.51. The highest BCUT2D eigenvalue weighted by Gasteiger charge is 2.60. The lowest BCUT2D eigenvalue weighted by Gasteiger charge is -2.16. The second kappa shape index (κ2) is 5.13. The van der Waals surface area contributed by atoms with Crippen molar-refractivity contribution in [3.8, 4) is 22.9 Å². The Morgan fingerprint density at radius 1 is 1.30 bits per heavy atom. The summed E-state index contributed by atoms with van der Waals surface area (Å²) in [5.74, 6) is 2.38. The molecule has 23 heavy (non-hydrogen) atoms. The van der Waals surface area contributed by atoms with Crippen LogP contribution in [0.2, 0.25) is 0 Å². The molecule has 2 heterocycles. The van der Waals surface area contributed by atoms with Gasteiger partial charge in [-0.1, -0.05) is 5.16 Å². The van der Waals surface area contributed by atoms with Gasteiger partial charge in [0.1, 0.15) is 11.5 Å². The van der Waals surface area contributed by atoms with E-state index in [2.05, 4.69) is 15.0 Å². The van der Waals surface area contributed by atoms with Crippen molar-refractivity contribution in [2.45, 2.75) is 6.42 Å². The molecule has 1 N–H and O–H groups in total. The molecule has 2 atom stereocenters. The van der Waals surface area contributed by atoms with E-state index in [1.165, 1.54) is 0 Å². The van der Waals surface area contributed by atoms with Gasteiger partial charge in [0, 0.05) is 30.1 Å². The number of nitrogens with zero attached hydrogens (tertiary/aromatic N) is 3. The Bertz CT molecular complexity index is 706. The van der Waals surface area contributed by atoms with Crippen molar-refractivity contribution in [2.75, 3.05) is 38.8 Å². The molecule has 1 aliphatic heterocycles. The molecule has 122 valence electrons. The average Bonchev–Trinajstić information content (AvgIpc) is 2.95. The van der Waals surface area contributed by atoms with Crippen LogP contribution >= 0.6 is 0 Å². The summed E-state index contributed by atoms with van der Waals surface area (Å²) in [5.41, 5.74) is 0.825. The molecule has 2 unspecified atom stereocenters. The standard InChI is InChI=1S/C16H19N3O4/c1-21-12-3-10(4-13(5-12)22-2)14-17-15(23-18-14)19-7-11-6-16(11,8-19)9-20/h3-5,11,20H,6-9H2,1-2H3.